The van der Waals surface area contributed by atoms with Crippen molar-refractivity contribution in [3.63, 3.8) is 0 Å². The van der Waals surface area contributed by atoms with Gasteiger partial charge in [-0.2, -0.15) is 0 Å². The van der Waals surface area contributed by atoms with E-state index in [1.54, 1.807) is 13.3 Å². The summed E-state index contributed by atoms with van der Waals surface area (Å²) in [5, 5.41) is 0. The number of fused-ring (bicyclic) bond motifs is 1. The Balaban J connectivity index is 1.94. The van der Waals surface area contributed by atoms with Crippen molar-refractivity contribution in [2.75, 3.05) is 13.3 Å². The molecular formula is C7H10I2-2. The number of rotatable bonds is 0. The fraction of sp³-hybridized carbons (Fsp3) is 1.00. The molecule has 54 valence electrons. The monoisotopic (exact) mass is 348 g/mol. The van der Waals surface area contributed by atoms with Crippen molar-refractivity contribution in [3.8, 4) is 0 Å². The summed E-state index contributed by atoms with van der Waals surface area (Å²) >= 11 is 1.46. The van der Waals surface area contributed by atoms with Crippen LogP contribution in [-0.2, 0) is 0 Å². The van der Waals surface area contributed by atoms with Gasteiger partial charge >= 0.3 is 77.4 Å². The van der Waals surface area contributed by atoms with Crippen LogP contribution < -0.4 is 42.4 Å². The van der Waals surface area contributed by atoms with Gasteiger partial charge in [-0.25, -0.2) is 0 Å². The van der Waals surface area contributed by atoms with Crippen molar-refractivity contribution in [2.45, 2.75) is 3.92 Å². The molecule has 3 heterocycles. The van der Waals surface area contributed by atoms with E-state index in [0.29, 0.717) is 0 Å². The average Bonchev–Trinajstić information content (AvgIpc) is 2.48. The predicted molar refractivity (Wildman–Crippen MR) is 28.9 cm³/mol. The first-order chi connectivity index (χ1) is 4.47. The summed E-state index contributed by atoms with van der Waals surface area (Å²) in [6.45, 7) is 0. The number of alkyl halides is 4. The van der Waals surface area contributed by atoms with Gasteiger partial charge in [0, 0.05) is 0 Å². The molecule has 1 saturated carbocycles. The topological polar surface area (TPSA) is 0 Å². The van der Waals surface area contributed by atoms with Gasteiger partial charge in [0.05, 0.1) is 0 Å². The quantitative estimate of drug-likeness (QED) is 0.303. The Labute approximate surface area is 76.7 Å². The van der Waals surface area contributed by atoms with E-state index >= 15 is 0 Å². The molecule has 0 radical (unpaired) electrons. The van der Waals surface area contributed by atoms with Gasteiger partial charge in [-0.15, -0.1) is 0 Å². The van der Waals surface area contributed by atoms with Crippen LogP contribution in [0, 0.1) is 17.8 Å². The molecule has 0 aromatic carbocycles. The van der Waals surface area contributed by atoms with Crippen molar-refractivity contribution in [2.24, 2.45) is 17.8 Å². The Bertz CT molecular complexity index is 118. The van der Waals surface area contributed by atoms with Crippen LogP contribution >= 0.6 is 0 Å². The maximum absolute atomic E-state index is 1.73. The van der Waals surface area contributed by atoms with Crippen molar-refractivity contribution in [3.05, 3.63) is 0 Å². The van der Waals surface area contributed by atoms with Crippen LogP contribution in [0.1, 0.15) is 0 Å². The summed E-state index contributed by atoms with van der Waals surface area (Å²) in [4.78, 5) is 0. The van der Waals surface area contributed by atoms with Crippen molar-refractivity contribution >= 4 is 0 Å². The third-order valence-electron chi connectivity index (χ3n) is 2.94. The normalized spacial score (nSPS) is 63.1. The third-order valence-corrected chi connectivity index (χ3v) is 10.6. The van der Waals surface area contributed by atoms with Crippen LogP contribution in [0.4, 0.5) is 0 Å². The minimum absolute atomic E-state index is 0.727. The molecule has 3 saturated heterocycles. The van der Waals surface area contributed by atoms with E-state index in [9.17, 15) is 0 Å². The third kappa shape index (κ3) is 0.650. The molecule has 2 unspecified atom stereocenters. The van der Waals surface area contributed by atoms with Crippen molar-refractivity contribution in [1.82, 2.24) is 0 Å². The van der Waals surface area contributed by atoms with Gasteiger partial charge in [0.15, 0.2) is 0 Å². The molecule has 0 nitrogen and oxygen atoms in total. The van der Waals surface area contributed by atoms with Crippen LogP contribution in [0.3, 0.4) is 0 Å². The first-order valence-corrected chi connectivity index (χ1v) is 9.40. The zero-order valence-corrected chi connectivity index (χ0v) is 9.50. The van der Waals surface area contributed by atoms with E-state index in [4.69, 9.17) is 0 Å². The standard InChI is InChI=1S/C7H10I2/c1-5-4-3-9-7(5)6(4)2-8-1/h4-7H,1-3H2/q-2. The molecule has 0 aromatic heterocycles. The van der Waals surface area contributed by atoms with E-state index in [1.807, 2.05) is 0 Å². The van der Waals surface area contributed by atoms with Gasteiger partial charge in [-0.1, -0.05) is 0 Å². The molecule has 4 bridgehead atoms. The van der Waals surface area contributed by atoms with Crippen LogP contribution in [-0.4, -0.2) is 17.2 Å². The average molecular weight is 348 g/mol. The molecule has 9 heavy (non-hydrogen) atoms. The van der Waals surface area contributed by atoms with Gasteiger partial charge in [0.25, 0.3) is 0 Å². The molecule has 4 aliphatic rings. The number of halogens is 2. The Morgan fingerprint density at radius 1 is 0.889 bits per heavy atom. The second-order valence-corrected chi connectivity index (χ2v) is 9.28. The van der Waals surface area contributed by atoms with E-state index in [1.165, 1.54) is 21.7 Å². The summed E-state index contributed by atoms with van der Waals surface area (Å²) in [7, 11) is 0. The second-order valence-electron chi connectivity index (χ2n) is 3.24. The van der Waals surface area contributed by atoms with Crippen LogP contribution in [0.2, 0.25) is 0 Å². The van der Waals surface area contributed by atoms with E-state index in [2.05, 4.69) is 0 Å². The molecule has 0 spiro atoms. The van der Waals surface area contributed by atoms with Crippen LogP contribution in [0.25, 0.3) is 0 Å². The molecule has 4 fully saturated rings. The number of hydrogen-bond donors (Lipinski definition) is 0. The molecule has 3 aliphatic heterocycles. The summed E-state index contributed by atoms with van der Waals surface area (Å²) < 4.78 is 6.54. The van der Waals surface area contributed by atoms with Crippen LogP contribution in [0.5, 0.6) is 0 Å². The SMILES string of the molecule is C1[I-]C2C3C[I-]CC2C13. The van der Waals surface area contributed by atoms with Crippen molar-refractivity contribution < 1.29 is 42.4 Å². The maximum atomic E-state index is 1.73. The molecule has 1 aliphatic carbocycles. The van der Waals surface area contributed by atoms with Gasteiger partial charge in [0.1, 0.15) is 0 Å². The second kappa shape index (κ2) is 1.99. The predicted octanol–water partition coefficient (Wildman–Crippen LogP) is -5.58. The Morgan fingerprint density at radius 2 is 1.67 bits per heavy atom. The minimum atomic E-state index is 0.727. The summed E-state index contributed by atoms with van der Waals surface area (Å²) in [5.74, 6) is 3.95. The van der Waals surface area contributed by atoms with Crippen molar-refractivity contribution in [1.29, 1.82) is 0 Å². The zero-order chi connectivity index (χ0) is 5.84. The molecule has 2 atom stereocenters. The fourth-order valence-corrected chi connectivity index (χ4v) is 13.8. The van der Waals surface area contributed by atoms with Gasteiger partial charge < -0.3 is 0 Å². The van der Waals surface area contributed by atoms with Crippen LogP contribution in [0.15, 0.2) is 0 Å². The van der Waals surface area contributed by atoms with Gasteiger partial charge in [-0.05, 0) is 0 Å². The first kappa shape index (κ1) is 6.03. The molecule has 4 rings (SSSR count). The first-order valence-electron chi connectivity index (χ1n) is 3.58. The number of hydrogen-bond acceptors (Lipinski definition) is 0. The van der Waals surface area contributed by atoms with E-state index in [-0.39, 0.29) is 0 Å². The zero-order valence-electron chi connectivity index (χ0n) is 5.19. The molecule has 0 N–H and O–H groups in total. The molecule has 0 amide bonds. The van der Waals surface area contributed by atoms with Gasteiger partial charge in [0.2, 0.25) is 0 Å². The Morgan fingerprint density at radius 3 is 2.11 bits per heavy atom. The van der Waals surface area contributed by atoms with Gasteiger partial charge in [-0.3, -0.25) is 0 Å². The molecule has 2 heteroatoms. The summed E-state index contributed by atoms with van der Waals surface area (Å²) in [6.07, 6.45) is 0. The Hall–Kier alpha value is 1.46. The molecular weight excluding hydrogens is 338 g/mol. The van der Waals surface area contributed by atoms with E-state index < -0.39 is 0 Å². The fourth-order valence-electron chi connectivity index (χ4n) is 2.34. The molecule has 0 aromatic rings. The Kier molecular flexibility index (Phi) is 1.33. The summed E-state index contributed by atoms with van der Waals surface area (Å²) in [5.41, 5.74) is 0. The summed E-state index contributed by atoms with van der Waals surface area (Å²) in [6, 6.07) is 0. The van der Waals surface area contributed by atoms with E-state index in [0.717, 1.165) is 42.4 Å².